The van der Waals surface area contributed by atoms with Gasteiger partial charge in [0.1, 0.15) is 17.2 Å². The van der Waals surface area contributed by atoms with Crippen LogP contribution >= 0.6 is 0 Å². The Kier molecular flexibility index (Phi) is 7.12. The lowest BCUT2D eigenvalue weighted by Gasteiger charge is -2.37. The van der Waals surface area contributed by atoms with Crippen LogP contribution in [0.5, 0.6) is 17.2 Å². The van der Waals surface area contributed by atoms with E-state index in [0.29, 0.717) is 42.5 Å². The van der Waals surface area contributed by atoms with Crippen molar-refractivity contribution >= 4 is 22.5 Å². The van der Waals surface area contributed by atoms with Crippen molar-refractivity contribution < 1.29 is 19.0 Å². The number of aromatic nitrogens is 1. The lowest BCUT2D eigenvalue weighted by atomic mass is 10.0. The number of methoxy groups -OCH3 is 2. The van der Waals surface area contributed by atoms with Crippen LogP contribution in [-0.4, -0.2) is 62.8 Å². The molecule has 3 aromatic carbocycles. The molecule has 0 atom stereocenters. The predicted molar refractivity (Wildman–Crippen MR) is 146 cm³/mol. The highest BCUT2D eigenvalue weighted by molar-refractivity contribution is 6.07. The largest absolute Gasteiger partial charge is 0.497 e. The first kappa shape index (κ1) is 24.4. The second-order valence-electron chi connectivity index (χ2n) is 8.82. The van der Waals surface area contributed by atoms with Gasteiger partial charge in [0, 0.05) is 43.2 Å². The summed E-state index contributed by atoms with van der Waals surface area (Å²) in [6, 6.07) is 23.3. The molecule has 7 nitrogen and oxygen atoms in total. The highest BCUT2D eigenvalue weighted by Gasteiger charge is 2.26. The highest BCUT2D eigenvalue weighted by atomic mass is 16.5. The Balaban J connectivity index is 1.45. The molecule has 4 aromatic rings. The van der Waals surface area contributed by atoms with E-state index in [1.165, 1.54) is 0 Å². The smallest absolute Gasteiger partial charge is 0.254 e. The van der Waals surface area contributed by atoms with E-state index in [0.717, 1.165) is 41.0 Å². The number of hydrogen-bond donors (Lipinski definition) is 0. The number of anilines is 1. The van der Waals surface area contributed by atoms with Crippen molar-refractivity contribution in [2.45, 2.75) is 6.92 Å². The van der Waals surface area contributed by atoms with E-state index >= 15 is 0 Å². The van der Waals surface area contributed by atoms with Gasteiger partial charge in [-0.3, -0.25) is 4.79 Å². The van der Waals surface area contributed by atoms with Gasteiger partial charge < -0.3 is 24.0 Å². The van der Waals surface area contributed by atoms with Gasteiger partial charge in [-0.15, -0.1) is 0 Å². The highest BCUT2D eigenvalue weighted by Crippen LogP contribution is 2.35. The Hall–Kier alpha value is -4.26. The van der Waals surface area contributed by atoms with Gasteiger partial charge in [0.15, 0.2) is 0 Å². The van der Waals surface area contributed by atoms with Crippen LogP contribution in [0.1, 0.15) is 17.3 Å². The average molecular weight is 498 g/mol. The normalized spacial score (nSPS) is 13.5. The zero-order valence-electron chi connectivity index (χ0n) is 21.4. The Morgan fingerprint density at radius 3 is 2.38 bits per heavy atom. The maximum atomic E-state index is 13.9. The fourth-order valence-electron chi connectivity index (χ4n) is 4.82. The summed E-state index contributed by atoms with van der Waals surface area (Å²) in [5.41, 5.74) is 3.97. The molecule has 0 unspecified atom stereocenters. The molecule has 1 aliphatic rings. The van der Waals surface area contributed by atoms with Crippen LogP contribution in [0.15, 0.2) is 72.8 Å². The van der Waals surface area contributed by atoms with Crippen LogP contribution < -0.4 is 19.1 Å². The molecule has 1 fully saturated rings. The first-order chi connectivity index (χ1) is 18.1. The molecule has 1 aliphatic heterocycles. The summed E-state index contributed by atoms with van der Waals surface area (Å²) in [5.74, 6) is 2.22. The molecule has 0 spiro atoms. The summed E-state index contributed by atoms with van der Waals surface area (Å²) < 4.78 is 16.8. The first-order valence-electron chi connectivity index (χ1n) is 12.5. The van der Waals surface area contributed by atoms with E-state index in [1.54, 1.807) is 14.2 Å². The standard InChI is InChI=1S/C30H31N3O4/c1-4-37-28-12-8-7-11-27(28)32-15-17-33(18-16-32)30(34)24-20-26(31-25-10-6-5-9-22(24)25)23-14-13-21(35-2)19-29(23)36-3/h5-14,19-20H,4,15-18H2,1-3H3. The number of para-hydroxylation sites is 3. The number of rotatable bonds is 7. The minimum Gasteiger partial charge on any atom is -0.497 e. The van der Waals surface area contributed by atoms with Crippen LogP contribution in [0.2, 0.25) is 0 Å². The molecule has 0 bridgehead atoms. The number of amides is 1. The van der Waals surface area contributed by atoms with Gasteiger partial charge in [-0.05, 0) is 43.3 Å². The number of fused-ring (bicyclic) bond motifs is 1. The molecule has 5 rings (SSSR count). The quantitative estimate of drug-likeness (QED) is 0.346. The predicted octanol–water partition coefficient (Wildman–Crippen LogP) is 5.28. The SMILES string of the molecule is CCOc1ccccc1N1CCN(C(=O)c2cc(-c3ccc(OC)cc3OC)nc3ccccc23)CC1. The van der Waals surface area contributed by atoms with Crippen LogP contribution in [0.25, 0.3) is 22.2 Å². The molecule has 1 saturated heterocycles. The third kappa shape index (κ3) is 4.89. The van der Waals surface area contributed by atoms with E-state index in [2.05, 4.69) is 11.0 Å². The van der Waals surface area contributed by atoms with Gasteiger partial charge in [-0.2, -0.15) is 0 Å². The van der Waals surface area contributed by atoms with Crippen LogP contribution in [0.4, 0.5) is 5.69 Å². The molecule has 7 heteroatoms. The van der Waals surface area contributed by atoms with E-state index in [-0.39, 0.29) is 5.91 Å². The number of carbonyl (C=O) groups is 1. The second kappa shape index (κ2) is 10.8. The van der Waals surface area contributed by atoms with Gasteiger partial charge in [-0.1, -0.05) is 30.3 Å². The van der Waals surface area contributed by atoms with Gasteiger partial charge in [-0.25, -0.2) is 4.98 Å². The van der Waals surface area contributed by atoms with Gasteiger partial charge >= 0.3 is 0 Å². The minimum absolute atomic E-state index is 0.00470. The number of ether oxygens (including phenoxy) is 3. The monoisotopic (exact) mass is 497 g/mol. The summed E-state index contributed by atoms with van der Waals surface area (Å²) in [5, 5.41) is 0.841. The molecule has 0 radical (unpaired) electrons. The van der Waals surface area contributed by atoms with Crippen LogP contribution in [0, 0.1) is 0 Å². The molecule has 1 amide bonds. The summed E-state index contributed by atoms with van der Waals surface area (Å²) in [6.07, 6.45) is 0. The van der Waals surface area contributed by atoms with E-state index < -0.39 is 0 Å². The number of piperazine rings is 1. The van der Waals surface area contributed by atoms with Crippen molar-refractivity contribution in [1.29, 1.82) is 0 Å². The van der Waals surface area contributed by atoms with Crippen molar-refractivity contribution in [2.75, 3.05) is 51.9 Å². The van der Waals surface area contributed by atoms with Crippen molar-refractivity contribution in [3.63, 3.8) is 0 Å². The number of pyridine rings is 1. The topological polar surface area (TPSA) is 64.1 Å². The number of nitrogens with zero attached hydrogens (tertiary/aromatic N) is 3. The Bertz CT molecular complexity index is 1410. The zero-order valence-corrected chi connectivity index (χ0v) is 21.4. The zero-order chi connectivity index (χ0) is 25.8. The molecular formula is C30H31N3O4. The fraction of sp³-hybridized carbons (Fsp3) is 0.267. The van der Waals surface area contributed by atoms with Crippen molar-refractivity contribution in [1.82, 2.24) is 9.88 Å². The number of carbonyl (C=O) groups excluding carboxylic acids is 1. The van der Waals surface area contributed by atoms with Crippen molar-refractivity contribution in [3.05, 3.63) is 78.4 Å². The maximum Gasteiger partial charge on any atom is 0.254 e. The number of hydrogen-bond acceptors (Lipinski definition) is 6. The molecule has 2 heterocycles. The average Bonchev–Trinajstić information content (AvgIpc) is 2.96. The van der Waals surface area contributed by atoms with Gasteiger partial charge in [0.2, 0.25) is 0 Å². The van der Waals surface area contributed by atoms with Crippen LogP contribution in [-0.2, 0) is 0 Å². The lowest BCUT2D eigenvalue weighted by Crippen LogP contribution is -2.49. The molecule has 37 heavy (non-hydrogen) atoms. The minimum atomic E-state index is 0.00470. The van der Waals surface area contributed by atoms with Crippen LogP contribution in [0.3, 0.4) is 0 Å². The molecule has 190 valence electrons. The van der Waals surface area contributed by atoms with Gasteiger partial charge in [0.25, 0.3) is 5.91 Å². The summed E-state index contributed by atoms with van der Waals surface area (Å²) in [4.78, 5) is 22.9. The fourth-order valence-corrected chi connectivity index (χ4v) is 4.82. The summed E-state index contributed by atoms with van der Waals surface area (Å²) in [6.45, 7) is 5.32. The Morgan fingerprint density at radius 1 is 0.865 bits per heavy atom. The molecule has 0 saturated carbocycles. The maximum absolute atomic E-state index is 13.9. The molecular weight excluding hydrogens is 466 g/mol. The molecule has 0 N–H and O–H groups in total. The van der Waals surface area contributed by atoms with E-state index in [1.807, 2.05) is 78.6 Å². The number of benzene rings is 3. The summed E-state index contributed by atoms with van der Waals surface area (Å²) in [7, 11) is 3.24. The third-order valence-electron chi connectivity index (χ3n) is 6.70. The second-order valence-corrected chi connectivity index (χ2v) is 8.82. The lowest BCUT2D eigenvalue weighted by molar-refractivity contribution is 0.0748. The molecule has 0 aliphatic carbocycles. The third-order valence-corrected chi connectivity index (χ3v) is 6.70. The Morgan fingerprint density at radius 2 is 1.62 bits per heavy atom. The van der Waals surface area contributed by atoms with Gasteiger partial charge in [0.05, 0.1) is 43.3 Å². The summed E-state index contributed by atoms with van der Waals surface area (Å²) >= 11 is 0. The first-order valence-corrected chi connectivity index (χ1v) is 12.5. The van der Waals surface area contributed by atoms with Crippen molar-refractivity contribution in [3.8, 4) is 28.5 Å². The van der Waals surface area contributed by atoms with E-state index in [4.69, 9.17) is 19.2 Å². The Labute approximate surface area is 217 Å². The molecule has 1 aromatic heterocycles. The van der Waals surface area contributed by atoms with Crippen molar-refractivity contribution in [2.24, 2.45) is 0 Å². The van der Waals surface area contributed by atoms with E-state index in [9.17, 15) is 4.79 Å².